The molecule has 1 heterocycles. The molecule has 0 radical (unpaired) electrons. The summed E-state index contributed by atoms with van der Waals surface area (Å²) < 4.78 is 27.7. The van der Waals surface area contributed by atoms with Gasteiger partial charge in [0, 0.05) is 19.3 Å². The first-order valence-electron chi connectivity index (χ1n) is 7.37. The van der Waals surface area contributed by atoms with Gasteiger partial charge >= 0.3 is 0 Å². The minimum atomic E-state index is -3.79. The van der Waals surface area contributed by atoms with Crippen molar-refractivity contribution in [2.24, 2.45) is 0 Å². The van der Waals surface area contributed by atoms with Gasteiger partial charge in [-0.1, -0.05) is 18.2 Å². The van der Waals surface area contributed by atoms with E-state index in [9.17, 15) is 8.42 Å². The zero-order chi connectivity index (χ0) is 16.4. The van der Waals surface area contributed by atoms with Gasteiger partial charge in [0.25, 0.3) is 10.0 Å². The lowest BCUT2D eigenvalue weighted by molar-refractivity contribution is 0.601. The monoisotopic (exact) mass is 327 g/mol. The molecule has 1 aliphatic rings. The molecule has 2 aromatic carbocycles. The zero-order valence-corrected chi connectivity index (χ0v) is 13.6. The summed E-state index contributed by atoms with van der Waals surface area (Å²) in [5.41, 5.74) is 2.91. The van der Waals surface area contributed by atoms with Crippen molar-refractivity contribution in [3.8, 4) is 6.07 Å². The fraction of sp³-hybridized carbons (Fsp3) is 0.235. The molecule has 5 nitrogen and oxygen atoms in total. The molecular weight excluding hydrogens is 310 g/mol. The second-order valence-corrected chi connectivity index (χ2v) is 7.23. The summed E-state index contributed by atoms with van der Waals surface area (Å²) >= 11 is 0. The van der Waals surface area contributed by atoms with Gasteiger partial charge in [-0.15, -0.1) is 0 Å². The molecule has 0 aromatic heterocycles. The maximum absolute atomic E-state index is 12.6. The van der Waals surface area contributed by atoms with E-state index < -0.39 is 10.0 Å². The van der Waals surface area contributed by atoms with Gasteiger partial charge in [0.2, 0.25) is 0 Å². The van der Waals surface area contributed by atoms with Crippen LogP contribution >= 0.6 is 0 Å². The maximum atomic E-state index is 12.6. The highest BCUT2D eigenvalue weighted by Gasteiger charge is 2.20. The topological polar surface area (TPSA) is 73.2 Å². The average molecular weight is 327 g/mol. The summed E-state index contributed by atoms with van der Waals surface area (Å²) in [6.45, 7) is 0.959. The summed E-state index contributed by atoms with van der Waals surface area (Å²) in [4.78, 5) is 2.12. The van der Waals surface area contributed by atoms with Crippen LogP contribution in [0.25, 0.3) is 0 Å². The van der Waals surface area contributed by atoms with Crippen molar-refractivity contribution in [2.75, 3.05) is 23.2 Å². The van der Waals surface area contributed by atoms with Gasteiger partial charge in [-0.3, -0.25) is 4.72 Å². The van der Waals surface area contributed by atoms with E-state index >= 15 is 0 Å². The van der Waals surface area contributed by atoms with Gasteiger partial charge in [0.15, 0.2) is 0 Å². The van der Waals surface area contributed by atoms with E-state index in [1.54, 1.807) is 18.2 Å². The molecule has 0 spiro atoms. The van der Waals surface area contributed by atoms with E-state index in [0.717, 1.165) is 25.1 Å². The largest absolute Gasteiger partial charge is 0.374 e. The van der Waals surface area contributed by atoms with Crippen LogP contribution in [0.2, 0.25) is 0 Å². The van der Waals surface area contributed by atoms with Crippen LogP contribution in [0.1, 0.15) is 17.5 Å². The molecule has 1 N–H and O–H groups in total. The lowest BCUT2D eigenvalue weighted by Gasteiger charge is -2.28. The van der Waals surface area contributed by atoms with Crippen molar-refractivity contribution in [3.05, 3.63) is 53.6 Å². The summed E-state index contributed by atoms with van der Waals surface area (Å²) in [6.07, 6.45) is 2.11. The Hall–Kier alpha value is -2.52. The van der Waals surface area contributed by atoms with E-state index in [0.29, 0.717) is 5.69 Å². The third-order valence-electron chi connectivity index (χ3n) is 3.99. The normalized spacial score (nSPS) is 14.0. The van der Waals surface area contributed by atoms with Crippen LogP contribution < -0.4 is 9.62 Å². The van der Waals surface area contributed by atoms with E-state index in [1.807, 2.05) is 25.2 Å². The number of sulfonamides is 1. The van der Waals surface area contributed by atoms with Crippen molar-refractivity contribution in [2.45, 2.75) is 17.7 Å². The summed E-state index contributed by atoms with van der Waals surface area (Å²) in [6, 6.07) is 13.7. The standard InChI is InChI=1S/C17H17N3O2S/c1-20-10-4-6-13-8-9-15(11-16(13)20)19-23(21,22)17-7-3-2-5-14(17)12-18/h2-3,5,7-9,11,19H,4,6,10H2,1H3. The average Bonchev–Trinajstić information content (AvgIpc) is 2.55. The van der Waals surface area contributed by atoms with Crippen LogP contribution in [0.4, 0.5) is 11.4 Å². The first-order chi connectivity index (χ1) is 11.0. The fourth-order valence-corrected chi connectivity index (χ4v) is 4.03. The summed E-state index contributed by atoms with van der Waals surface area (Å²) in [5.74, 6) is 0. The second kappa shape index (κ2) is 5.94. The molecule has 0 fully saturated rings. The number of anilines is 2. The highest BCUT2D eigenvalue weighted by atomic mass is 32.2. The highest BCUT2D eigenvalue weighted by Crippen LogP contribution is 2.30. The highest BCUT2D eigenvalue weighted by molar-refractivity contribution is 7.92. The van der Waals surface area contributed by atoms with E-state index in [2.05, 4.69) is 9.62 Å². The van der Waals surface area contributed by atoms with Crippen molar-refractivity contribution >= 4 is 21.4 Å². The number of nitrogens with zero attached hydrogens (tertiary/aromatic N) is 2. The number of nitriles is 1. The SMILES string of the molecule is CN1CCCc2ccc(NS(=O)(=O)c3ccccc3C#N)cc21. The minimum absolute atomic E-state index is 0.00595. The first-order valence-corrected chi connectivity index (χ1v) is 8.85. The van der Waals surface area contributed by atoms with Crippen molar-refractivity contribution in [3.63, 3.8) is 0 Å². The lowest BCUT2D eigenvalue weighted by Crippen LogP contribution is -2.25. The Morgan fingerprint density at radius 1 is 1.22 bits per heavy atom. The number of nitrogens with one attached hydrogen (secondary N) is 1. The third-order valence-corrected chi connectivity index (χ3v) is 5.42. The Kier molecular flexibility index (Phi) is 3.97. The molecule has 118 valence electrons. The number of hydrogen-bond acceptors (Lipinski definition) is 4. The zero-order valence-electron chi connectivity index (χ0n) is 12.8. The van der Waals surface area contributed by atoms with Crippen LogP contribution in [0.15, 0.2) is 47.4 Å². The summed E-state index contributed by atoms with van der Waals surface area (Å²) in [7, 11) is -1.79. The van der Waals surface area contributed by atoms with Gasteiger partial charge in [0.1, 0.15) is 11.0 Å². The predicted molar refractivity (Wildman–Crippen MR) is 90.0 cm³/mol. The van der Waals surface area contributed by atoms with Crippen LogP contribution in [-0.4, -0.2) is 22.0 Å². The van der Waals surface area contributed by atoms with Crippen molar-refractivity contribution in [1.82, 2.24) is 0 Å². The predicted octanol–water partition coefficient (Wildman–Crippen LogP) is 2.74. The Labute approximate surface area is 136 Å². The molecule has 0 amide bonds. The molecule has 6 heteroatoms. The van der Waals surface area contributed by atoms with Gasteiger partial charge in [-0.25, -0.2) is 8.42 Å². The maximum Gasteiger partial charge on any atom is 0.263 e. The number of fused-ring (bicyclic) bond motifs is 1. The van der Waals surface area contributed by atoms with Gasteiger partial charge in [-0.05, 0) is 42.7 Å². The van der Waals surface area contributed by atoms with Crippen LogP contribution in [-0.2, 0) is 16.4 Å². The molecular formula is C17H17N3O2S. The quantitative estimate of drug-likeness (QED) is 0.941. The Bertz CT molecular complexity index is 885. The van der Waals surface area contributed by atoms with Gasteiger partial charge < -0.3 is 4.90 Å². The first kappa shape index (κ1) is 15.4. The number of hydrogen-bond donors (Lipinski definition) is 1. The fourth-order valence-electron chi connectivity index (χ4n) is 2.82. The Morgan fingerprint density at radius 2 is 2.00 bits per heavy atom. The number of benzene rings is 2. The lowest BCUT2D eigenvalue weighted by atomic mass is 10.0. The van der Waals surface area contributed by atoms with E-state index in [1.165, 1.54) is 17.7 Å². The Balaban J connectivity index is 1.95. The second-order valence-electron chi connectivity index (χ2n) is 5.58. The molecule has 0 bridgehead atoms. The summed E-state index contributed by atoms with van der Waals surface area (Å²) in [5, 5.41) is 9.09. The Morgan fingerprint density at radius 3 is 2.78 bits per heavy atom. The number of rotatable bonds is 3. The molecule has 0 atom stereocenters. The van der Waals surface area contributed by atoms with E-state index in [-0.39, 0.29) is 10.5 Å². The molecule has 0 unspecified atom stereocenters. The minimum Gasteiger partial charge on any atom is -0.374 e. The third kappa shape index (κ3) is 3.01. The smallest absolute Gasteiger partial charge is 0.263 e. The van der Waals surface area contributed by atoms with Crippen molar-refractivity contribution < 1.29 is 8.42 Å². The van der Waals surface area contributed by atoms with Crippen LogP contribution in [0, 0.1) is 11.3 Å². The van der Waals surface area contributed by atoms with Crippen LogP contribution in [0.3, 0.4) is 0 Å². The molecule has 2 aromatic rings. The molecule has 1 aliphatic heterocycles. The molecule has 3 rings (SSSR count). The van der Waals surface area contributed by atoms with Gasteiger partial charge in [0.05, 0.1) is 11.3 Å². The molecule has 0 saturated heterocycles. The van der Waals surface area contributed by atoms with E-state index in [4.69, 9.17) is 5.26 Å². The molecule has 23 heavy (non-hydrogen) atoms. The molecule has 0 aliphatic carbocycles. The number of aryl methyl sites for hydroxylation is 1. The molecule has 0 saturated carbocycles. The van der Waals surface area contributed by atoms with Crippen molar-refractivity contribution in [1.29, 1.82) is 5.26 Å². The van der Waals surface area contributed by atoms with Crippen LogP contribution in [0.5, 0.6) is 0 Å². The van der Waals surface area contributed by atoms with Gasteiger partial charge in [-0.2, -0.15) is 5.26 Å².